The van der Waals surface area contributed by atoms with Gasteiger partial charge in [0.25, 0.3) is 5.69 Å². The Labute approximate surface area is 206 Å². The fourth-order valence-electron chi connectivity index (χ4n) is 3.33. The summed E-state index contributed by atoms with van der Waals surface area (Å²) in [6.45, 7) is 0.950. The Bertz CT molecular complexity index is 1340. The molecular formula is C23H21ClN4O6S. The van der Waals surface area contributed by atoms with Gasteiger partial charge in [-0.25, -0.2) is 8.42 Å². The highest BCUT2D eigenvalue weighted by Gasteiger charge is 2.28. The van der Waals surface area contributed by atoms with Crippen LogP contribution in [0.15, 0.2) is 76.7 Å². The summed E-state index contributed by atoms with van der Waals surface area (Å²) in [5.74, 6) is 1.18. The van der Waals surface area contributed by atoms with E-state index < -0.39 is 20.6 Å². The van der Waals surface area contributed by atoms with Gasteiger partial charge in [-0.3, -0.25) is 15.5 Å². The van der Waals surface area contributed by atoms with Crippen LogP contribution in [0.3, 0.4) is 0 Å². The quantitative estimate of drug-likeness (QED) is 0.265. The molecule has 0 saturated carbocycles. The van der Waals surface area contributed by atoms with Crippen molar-refractivity contribution in [3.63, 3.8) is 0 Å². The summed E-state index contributed by atoms with van der Waals surface area (Å²) < 4.78 is 37.9. The van der Waals surface area contributed by atoms with Crippen LogP contribution in [0.5, 0.6) is 11.5 Å². The minimum atomic E-state index is -3.87. The molecule has 3 aromatic carbocycles. The first-order chi connectivity index (χ1) is 16.8. The van der Waals surface area contributed by atoms with Crippen LogP contribution in [0.4, 0.5) is 11.4 Å². The molecule has 0 atom stereocenters. The Kier molecular flexibility index (Phi) is 7.61. The van der Waals surface area contributed by atoms with Crippen LogP contribution in [0.25, 0.3) is 0 Å². The van der Waals surface area contributed by atoms with E-state index in [1.807, 2.05) is 0 Å². The Morgan fingerprint density at radius 1 is 1.06 bits per heavy atom. The minimum Gasteiger partial charge on any atom is -0.457 e. The number of nitro benzene ring substituents is 1. The highest BCUT2D eigenvalue weighted by molar-refractivity contribution is 7.89. The molecule has 12 heteroatoms. The van der Waals surface area contributed by atoms with Crippen LogP contribution in [-0.4, -0.2) is 50.2 Å². The lowest BCUT2D eigenvalue weighted by atomic mass is 10.2. The van der Waals surface area contributed by atoms with Gasteiger partial charge in [0.1, 0.15) is 17.2 Å². The number of anilines is 1. The largest absolute Gasteiger partial charge is 0.457 e. The fourth-order valence-corrected chi connectivity index (χ4v) is 4.88. The molecule has 1 aliphatic heterocycles. The van der Waals surface area contributed by atoms with E-state index in [9.17, 15) is 18.5 Å². The highest BCUT2D eigenvalue weighted by atomic mass is 35.5. The summed E-state index contributed by atoms with van der Waals surface area (Å²) in [6, 6.07) is 17.7. The average Bonchev–Trinajstić information content (AvgIpc) is 2.86. The second-order valence-corrected chi connectivity index (χ2v) is 9.83. The van der Waals surface area contributed by atoms with E-state index >= 15 is 0 Å². The van der Waals surface area contributed by atoms with Gasteiger partial charge in [-0.1, -0.05) is 23.7 Å². The van der Waals surface area contributed by atoms with Crippen molar-refractivity contribution in [3.8, 4) is 11.5 Å². The van der Waals surface area contributed by atoms with Crippen molar-refractivity contribution in [1.82, 2.24) is 4.31 Å². The van der Waals surface area contributed by atoms with Crippen molar-refractivity contribution >= 4 is 39.2 Å². The van der Waals surface area contributed by atoms with E-state index in [0.29, 0.717) is 22.1 Å². The molecule has 1 heterocycles. The van der Waals surface area contributed by atoms with Crippen molar-refractivity contribution in [2.75, 3.05) is 31.7 Å². The number of nitrogens with one attached hydrogen (secondary N) is 1. The van der Waals surface area contributed by atoms with Gasteiger partial charge in [-0.15, -0.1) is 0 Å². The predicted octanol–water partition coefficient (Wildman–Crippen LogP) is 4.51. The van der Waals surface area contributed by atoms with Crippen molar-refractivity contribution in [1.29, 1.82) is 0 Å². The molecule has 0 radical (unpaired) electrons. The molecule has 0 unspecified atom stereocenters. The van der Waals surface area contributed by atoms with Gasteiger partial charge < -0.3 is 9.47 Å². The second-order valence-electron chi connectivity index (χ2n) is 7.45. The summed E-state index contributed by atoms with van der Waals surface area (Å²) in [5, 5.41) is 16.3. The molecule has 35 heavy (non-hydrogen) atoms. The number of nitrogens with zero attached hydrogens (tertiary/aromatic N) is 3. The lowest BCUT2D eigenvalue weighted by molar-refractivity contribution is -0.384. The zero-order valence-corrected chi connectivity index (χ0v) is 19.9. The number of hydrogen-bond donors (Lipinski definition) is 1. The fraction of sp³-hybridized carbons (Fsp3) is 0.174. The minimum absolute atomic E-state index is 0.0562. The van der Waals surface area contributed by atoms with E-state index in [-0.39, 0.29) is 36.9 Å². The van der Waals surface area contributed by atoms with Crippen LogP contribution in [0.1, 0.15) is 5.56 Å². The van der Waals surface area contributed by atoms with Crippen LogP contribution in [0.2, 0.25) is 5.02 Å². The number of ether oxygens (including phenoxy) is 2. The van der Waals surface area contributed by atoms with Gasteiger partial charge in [0, 0.05) is 24.2 Å². The smallest absolute Gasteiger partial charge is 0.295 e. The van der Waals surface area contributed by atoms with Gasteiger partial charge in [0.2, 0.25) is 10.0 Å². The first kappa shape index (κ1) is 24.6. The predicted molar refractivity (Wildman–Crippen MR) is 132 cm³/mol. The summed E-state index contributed by atoms with van der Waals surface area (Å²) in [5.41, 5.74) is 2.95. The summed E-state index contributed by atoms with van der Waals surface area (Å²) >= 11 is 5.89. The van der Waals surface area contributed by atoms with Gasteiger partial charge in [-0.2, -0.15) is 9.41 Å². The number of hydrazone groups is 1. The monoisotopic (exact) mass is 516 g/mol. The van der Waals surface area contributed by atoms with Gasteiger partial charge >= 0.3 is 0 Å². The maximum atomic E-state index is 12.8. The Hall–Kier alpha value is -3.51. The molecule has 1 aliphatic rings. The first-order valence-corrected chi connectivity index (χ1v) is 12.3. The molecule has 10 nitrogen and oxygen atoms in total. The molecule has 3 aromatic rings. The van der Waals surface area contributed by atoms with Crippen LogP contribution in [0, 0.1) is 10.1 Å². The molecule has 0 spiro atoms. The van der Waals surface area contributed by atoms with Crippen molar-refractivity contribution in [3.05, 3.63) is 87.4 Å². The summed E-state index contributed by atoms with van der Waals surface area (Å²) in [7, 11) is -3.87. The maximum Gasteiger partial charge on any atom is 0.295 e. The number of halogens is 1. The molecule has 0 amide bonds. The van der Waals surface area contributed by atoms with Gasteiger partial charge in [-0.05, 0) is 54.1 Å². The Balaban J connectivity index is 1.49. The zero-order chi connectivity index (χ0) is 24.8. The molecule has 0 aliphatic carbocycles. The van der Waals surface area contributed by atoms with E-state index in [1.54, 1.807) is 48.5 Å². The first-order valence-electron chi connectivity index (χ1n) is 10.5. The van der Waals surface area contributed by atoms with Crippen LogP contribution in [-0.2, 0) is 14.8 Å². The normalized spacial score (nSPS) is 14.7. The molecule has 1 saturated heterocycles. The number of benzene rings is 3. The van der Waals surface area contributed by atoms with E-state index in [1.165, 1.54) is 22.7 Å². The molecular weight excluding hydrogens is 496 g/mol. The number of sulfonamides is 1. The molecule has 4 rings (SSSR count). The average molecular weight is 517 g/mol. The van der Waals surface area contributed by atoms with E-state index in [2.05, 4.69) is 10.5 Å². The molecule has 0 bridgehead atoms. The Morgan fingerprint density at radius 2 is 1.80 bits per heavy atom. The van der Waals surface area contributed by atoms with Crippen LogP contribution >= 0.6 is 11.6 Å². The standard InChI is InChI=1S/C23H21ClN4O6S/c24-18-4-6-19(7-5-18)34-20-3-1-2-17(14-20)16-25-26-22-9-8-21(15-23(22)28(29)30)35(31,32)27-10-12-33-13-11-27/h1-9,14-16,26H,10-13H2/b25-16+. The zero-order valence-electron chi connectivity index (χ0n) is 18.3. The summed E-state index contributed by atoms with van der Waals surface area (Å²) in [6.07, 6.45) is 1.47. The topological polar surface area (TPSA) is 123 Å². The van der Waals surface area contributed by atoms with Crippen molar-refractivity contribution in [2.24, 2.45) is 5.10 Å². The van der Waals surface area contributed by atoms with E-state index in [0.717, 1.165) is 6.07 Å². The Morgan fingerprint density at radius 3 is 2.51 bits per heavy atom. The van der Waals surface area contributed by atoms with Crippen LogP contribution < -0.4 is 10.2 Å². The molecule has 182 valence electrons. The van der Waals surface area contributed by atoms with Gasteiger partial charge in [0.05, 0.1) is 29.2 Å². The number of morpholine rings is 1. The lowest BCUT2D eigenvalue weighted by Gasteiger charge is -2.26. The van der Waals surface area contributed by atoms with Gasteiger partial charge in [0.15, 0.2) is 0 Å². The third-order valence-corrected chi connectivity index (χ3v) is 7.23. The second kappa shape index (κ2) is 10.8. The number of hydrogen-bond acceptors (Lipinski definition) is 8. The summed E-state index contributed by atoms with van der Waals surface area (Å²) in [4.78, 5) is 10.8. The van der Waals surface area contributed by atoms with Crippen molar-refractivity contribution in [2.45, 2.75) is 4.90 Å². The van der Waals surface area contributed by atoms with Crippen molar-refractivity contribution < 1.29 is 22.8 Å². The SMILES string of the molecule is O=[N+]([O-])c1cc(S(=O)(=O)N2CCOCC2)ccc1N/N=C/c1cccc(Oc2ccc(Cl)cc2)c1. The molecule has 1 fully saturated rings. The highest BCUT2D eigenvalue weighted by Crippen LogP contribution is 2.29. The third-order valence-electron chi connectivity index (χ3n) is 5.08. The maximum absolute atomic E-state index is 12.8. The molecule has 1 N–H and O–H groups in total. The molecule has 0 aromatic heterocycles. The number of nitro groups is 1. The number of rotatable bonds is 8. The third kappa shape index (κ3) is 6.14. The van der Waals surface area contributed by atoms with E-state index in [4.69, 9.17) is 21.1 Å². The lowest BCUT2D eigenvalue weighted by Crippen LogP contribution is -2.40.